The van der Waals surface area contributed by atoms with Crippen LogP contribution in [-0.4, -0.2) is 18.8 Å². The molecule has 3 N–H and O–H groups in total. The van der Waals surface area contributed by atoms with Crippen molar-refractivity contribution in [3.05, 3.63) is 48.0 Å². The lowest BCUT2D eigenvalue weighted by molar-refractivity contribution is -0.113. The molecule has 0 radical (unpaired) electrons. The molecule has 0 bridgehead atoms. The van der Waals surface area contributed by atoms with Crippen LogP contribution >= 0.6 is 11.8 Å². The number of hydrogen-bond acceptors (Lipinski definition) is 4. The number of benzene rings is 2. The van der Waals surface area contributed by atoms with Crippen molar-refractivity contribution in [1.82, 2.24) is 0 Å². The van der Waals surface area contributed by atoms with Crippen LogP contribution in [0.1, 0.15) is 5.56 Å². The number of para-hydroxylation sites is 2. The minimum absolute atomic E-state index is 0.0931. The number of carbonyl (C=O) groups excluding carboxylic acids is 1. The highest BCUT2D eigenvalue weighted by Crippen LogP contribution is 2.27. The SMILES string of the molecule is COc1ccccc1NC(=O)CSc1ccc(C)cc1N. The van der Waals surface area contributed by atoms with Crippen molar-refractivity contribution in [3.63, 3.8) is 0 Å². The van der Waals surface area contributed by atoms with E-state index in [2.05, 4.69) is 5.32 Å². The lowest BCUT2D eigenvalue weighted by Gasteiger charge is -2.10. The van der Waals surface area contributed by atoms with Crippen molar-refractivity contribution >= 4 is 29.0 Å². The van der Waals surface area contributed by atoms with Crippen LogP contribution in [0, 0.1) is 6.92 Å². The van der Waals surface area contributed by atoms with E-state index in [0.29, 0.717) is 22.9 Å². The molecule has 2 aromatic carbocycles. The third kappa shape index (κ3) is 4.16. The molecule has 110 valence electrons. The fourth-order valence-corrected chi connectivity index (χ4v) is 2.63. The van der Waals surface area contributed by atoms with Gasteiger partial charge in [-0.15, -0.1) is 11.8 Å². The summed E-state index contributed by atoms with van der Waals surface area (Å²) in [6, 6.07) is 13.1. The van der Waals surface area contributed by atoms with Crippen LogP contribution in [0.4, 0.5) is 11.4 Å². The van der Waals surface area contributed by atoms with Gasteiger partial charge in [-0.25, -0.2) is 0 Å². The van der Waals surface area contributed by atoms with E-state index in [9.17, 15) is 4.79 Å². The summed E-state index contributed by atoms with van der Waals surface area (Å²) in [5, 5.41) is 2.84. The van der Waals surface area contributed by atoms with Crippen LogP contribution in [0.25, 0.3) is 0 Å². The van der Waals surface area contributed by atoms with E-state index in [1.807, 2.05) is 43.3 Å². The van der Waals surface area contributed by atoms with Gasteiger partial charge in [-0.2, -0.15) is 0 Å². The Morgan fingerprint density at radius 2 is 2.05 bits per heavy atom. The molecule has 0 aliphatic heterocycles. The van der Waals surface area contributed by atoms with Crippen LogP contribution in [0.2, 0.25) is 0 Å². The molecule has 0 atom stereocenters. The Morgan fingerprint density at radius 3 is 2.76 bits per heavy atom. The van der Waals surface area contributed by atoms with E-state index >= 15 is 0 Å². The summed E-state index contributed by atoms with van der Waals surface area (Å²) in [5.41, 5.74) is 8.41. The quantitative estimate of drug-likeness (QED) is 0.657. The maximum atomic E-state index is 12.0. The van der Waals surface area contributed by atoms with Crippen molar-refractivity contribution < 1.29 is 9.53 Å². The van der Waals surface area contributed by atoms with Gasteiger partial charge in [-0.3, -0.25) is 4.79 Å². The summed E-state index contributed by atoms with van der Waals surface area (Å²) in [6.45, 7) is 1.99. The van der Waals surface area contributed by atoms with Crippen LogP contribution in [0.3, 0.4) is 0 Å². The average Bonchev–Trinajstić information content (AvgIpc) is 2.47. The molecule has 5 heteroatoms. The minimum atomic E-state index is -0.0931. The molecule has 0 unspecified atom stereocenters. The molecule has 0 aromatic heterocycles. The highest BCUT2D eigenvalue weighted by Gasteiger charge is 2.08. The van der Waals surface area contributed by atoms with Gasteiger partial charge >= 0.3 is 0 Å². The van der Waals surface area contributed by atoms with Gasteiger partial charge in [0, 0.05) is 10.6 Å². The lowest BCUT2D eigenvalue weighted by Crippen LogP contribution is -2.14. The molecule has 0 saturated carbocycles. The smallest absolute Gasteiger partial charge is 0.234 e. The number of nitrogens with one attached hydrogen (secondary N) is 1. The summed E-state index contributed by atoms with van der Waals surface area (Å²) in [7, 11) is 1.58. The van der Waals surface area contributed by atoms with Gasteiger partial charge < -0.3 is 15.8 Å². The first-order valence-electron chi connectivity index (χ1n) is 6.52. The number of rotatable bonds is 5. The Morgan fingerprint density at radius 1 is 1.29 bits per heavy atom. The molecule has 0 fully saturated rings. The Balaban J connectivity index is 1.96. The van der Waals surface area contributed by atoms with Gasteiger partial charge in [0.1, 0.15) is 5.75 Å². The fourth-order valence-electron chi connectivity index (χ4n) is 1.88. The molecule has 1 amide bonds. The molecule has 0 aliphatic carbocycles. The van der Waals surface area contributed by atoms with Gasteiger partial charge in [0.15, 0.2) is 0 Å². The molecule has 4 nitrogen and oxygen atoms in total. The number of amides is 1. The molecule has 21 heavy (non-hydrogen) atoms. The normalized spacial score (nSPS) is 10.2. The van der Waals surface area contributed by atoms with E-state index in [4.69, 9.17) is 10.5 Å². The number of hydrogen-bond donors (Lipinski definition) is 2. The lowest BCUT2D eigenvalue weighted by atomic mass is 10.2. The first-order chi connectivity index (χ1) is 10.1. The molecule has 0 heterocycles. The van der Waals surface area contributed by atoms with E-state index in [1.54, 1.807) is 13.2 Å². The minimum Gasteiger partial charge on any atom is -0.495 e. The van der Waals surface area contributed by atoms with E-state index < -0.39 is 0 Å². The van der Waals surface area contributed by atoms with E-state index in [1.165, 1.54) is 11.8 Å². The second kappa shape index (κ2) is 7.04. The number of anilines is 2. The molecular weight excluding hydrogens is 284 g/mol. The van der Waals surface area contributed by atoms with E-state index in [0.717, 1.165) is 10.5 Å². The first-order valence-corrected chi connectivity index (χ1v) is 7.50. The van der Waals surface area contributed by atoms with Crippen molar-refractivity contribution in [3.8, 4) is 5.75 Å². The Kier molecular flexibility index (Phi) is 5.11. The topological polar surface area (TPSA) is 64.3 Å². The molecular formula is C16H18N2O2S. The summed E-state index contributed by atoms with van der Waals surface area (Å²) in [6.07, 6.45) is 0. The third-order valence-electron chi connectivity index (χ3n) is 2.91. The monoisotopic (exact) mass is 302 g/mol. The second-order valence-electron chi connectivity index (χ2n) is 4.58. The average molecular weight is 302 g/mol. The second-order valence-corrected chi connectivity index (χ2v) is 5.60. The van der Waals surface area contributed by atoms with E-state index in [-0.39, 0.29) is 5.91 Å². The van der Waals surface area contributed by atoms with Gasteiger partial charge in [0.25, 0.3) is 0 Å². The zero-order valence-corrected chi connectivity index (χ0v) is 12.9. The number of carbonyl (C=O) groups is 1. The Labute approximate surface area is 128 Å². The molecule has 2 aromatic rings. The highest BCUT2D eigenvalue weighted by molar-refractivity contribution is 8.00. The highest BCUT2D eigenvalue weighted by atomic mass is 32.2. The Hall–Kier alpha value is -2.14. The number of methoxy groups -OCH3 is 1. The zero-order chi connectivity index (χ0) is 15.2. The summed E-state index contributed by atoms with van der Waals surface area (Å²) >= 11 is 1.42. The molecule has 0 aliphatic rings. The maximum Gasteiger partial charge on any atom is 0.234 e. The Bertz CT molecular complexity index is 644. The predicted octanol–water partition coefficient (Wildman–Crippen LogP) is 3.32. The molecule has 2 rings (SSSR count). The van der Waals surface area contributed by atoms with Crippen LogP contribution in [0.15, 0.2) is 47.4 Å². The van der Waals surface area contributed by atoms with Gasteiger partial charge in [-0.1, -0.05) is 18.2 Å². The summed E-state index contributed by atoms with van der Waals surface area (Å²) in [5.74, 6) is 0.848. The number of thioether (sulfide) groups is 1. The van der Waals surface area contributed by atoms with Gasteiger partial charge in [0.2, 0.25) is 5.91 Å². The number of nitrogens with two attached hydrogens (primary N) is 1. The zero-order valence-electron chi connectivity index (χ0n) is 12.1. The molecule has 0 spiro atoms. The predicted molar refractivity (Wildman–Crippen MR) is 87.9 cm³/mol. The first kappa shape index (κ1) is 15.3. The van der Waals surface area contributed by atoms with Crippen LogP contribution in [-0.2, 0) is 4.79 Å². The van der Waals surface area contributed by atoms with Crippen molar-refractivity contribution in [2.75, 3.05) is 23.9 Å². The molecule has 0 saturated heterocycles. The number of nitrogen functional groups attached to an aromatic ring is 1. The van der Waals surface area contributed by atoms with Gasteiger partial charge in [0.05, 0.1) is 18.6 Å². The van der Waals surface area contributed by atoms with Crippen LogP contribution in [0.5, 0.6) is 5.75 Å². The van der Waals surface area contributed by atoms with Crippen molar-refractivity contribution in [2.24, 2.45) is 0 Å². The standard InChI is InChI=1S/C16H18N2O2S/c1-11-7-8-15(12(17)9-11)21-10-16(19)18-13-5-3-4-6-14(13)20-2/h3-9H,10,17H2,1-2H3,(H,18,19). The third-order valence-corrected chi connectivity index (χ3v) is 3.99. The van der Waals surface area contributed by atoms with Crippen molar-refractivity contribution in [2.45, 2.75) is 11.8 Å². The largest absolute Gasteiger partial charge is 0.495 e. The maximum absolute atomic E-state index is 12.0. The summed E-state index contributed by atoms with van der Waals surface area (Å²) in [4.78, 5) is 12.9. The summed E-state index contributed by atoms with van der Waals surface area (Å²) < 4.78 is 5.20. The van der Waals surface area contributed by atoms with Crippen molar-refractivity contribution in [1.29, 1.82) is 0 Å². The number of aryl methyl sites for hydroxylation is 1. The number of ether oxygens (including phenoxy) is 1. The van der Waals surface area contributed by atoms with Crippen LogP contribution < -0.4 is 15.8 Å². The van der Waals surface area contributed by atoms with Gasteiger partial charge in [-0.05, 0) is 36.8 Å². The fraction of sp³-hybridized carbons (Fsp3) is 0.188.